The molecule has 0 fully saturated rings. The molecule has 12 nitrogen and oxygen atoms in total. The van der Waals surface area contributed by atoms with E-state index in [1.165, 1.54) is 0 Å². The van der Waals surface area contributed by atoms with Gasteiger partial charge in [-0.2, -0.15) is 10.4 Å². The molecule has 0 aliphatic carbocycles. The van der Waals surface area contributed by atoms with Crippen molar-refractivity contribution in [2.75, 3.05) is 0 Å². The molecule has 3 aromatic rings. The first-order chi connectivity index (χ1) is 35.3. The number of benzene rings is 3. The Morgan fingerprint density at radius 3 is 0.988 bits per heavy atom. The average Bonchev–Trinajstić information content (AvgIpc) is 3.29. The van der Waals surface area contributed by atoms with E-state index in [0.29, 0.717) is 16.7 Å². The fourth-order valence-electron chi connectivity index (χ4n) is 5.88. The van der Waals surface area contributed by atoms with Gasteiger partial charge in [-0.05, 0) is 170 Å². The van der Waals surface area contributed by atoms with Crippen molar-refractivity contribution in [3.05, 3.63) is 113 Å². The van der Waals surface area contributed by atoms with E-state index in [1.807, 2.05) is 114 Å². The topological polar surface area (TPSA) is 167 Å². The number of carbonyl (C=O) groups is 3. The minimum atomic E-state index is -1.28. The van der Waals surface area contributed by atoms with Crippen LogP contribution < -0.4 is 26.4 Å². The number of rotatable bonds is 21. The van der Waals surface area contributed by atoms with Gasteiger partial charge in [-0.15, -0.1) is 0 Å². The number of esters is 3. The summed E-state index contributed by atoms with van der Waals surface area (Å²) in [6.45, 7) is 53.2. The third kappa shape index (κ3) is 38.1. The largest absolute Gasteiger partial charge is 2.00 e. The molecule has 0 radical (unpaired) electrons. The summed E-state index contributed by atoms with van der Waals surface area (Å²) in [7, 11) is -6.73. The van der Waals surface area contributed by atoms with Crippen molar-refractivity contribution in [2.24, 2.45) is 4.40 Å². The Bertz CT molecular complexity index is 2280. The van der Waals surface area contributed by atoms with Gasteiger partial charge in [0.05, 0.1) is 71.2 Å². The van der Waals surface area contributed by atoms with Gasteiger partial charge in [0.25, 0.3) is 0 Å². The maximum absolute atomic E-state index is 12.6. The van der Waals surface area contributed by atoms with Crippen LogP contribution in [-0.4, -0.2) is 117 Å². The van der Waals surface area contributed by atoms with Crippen LogP contribution in [0.2, 0.25) is 77.1 Å². The molecular weight excluding hydrogens is 1190 g/mol. The summed E-state index contributed by atoms with van der Waals surface area (Å²) in [6, 6.07) is 25.3. The molecule has 0 heterocycles. The Balaban J connectivity index is -0.00000105. The smallest absolute Gasteiger partial charge is 1.00 e. The van der Waals surface area contributed by atoms with Crippen molar-refractivity contribution in [1.29, 1.82) is 0 Å². The van der Waals surface area contributed by atoms with Crippen LogP contribution >= 0.6 is 0 Å². The molecule has 0 spiro atoms. The van der Waals surface area contributed by atoms with Crippen LogP contribution in [0.15, 0.2) is 77.2 Å². The van der Waals surface area contributed by atoms with Crippen molar-refractivity contribution in [2.45, 2.75) is 238 Å². The van der Waals surface area contributed by atoms with Gasteiger partial charge in [0.15, 0.2) is 0 Å². The fourth-order valence-corrected chi connectivity index (χ4v) is 10.5. The summed E-state index contributed by atoms with van der Waals surface area (Å²) in [5.41, 5.74) is 4.49. The van der Waals surface area contributed by atoms with Crippen LogP contribution in [0, 0.1) is 6.92 Å². The van der Waals surface area contributed by atoms with E-state index >= 15 is 0 Å². The summed E-state index contributed by atoms with van der Waals surface area (Å²) in [4.78, 5) is 35.7. The van der Waals surface area contributed by atoms with Gasteiger partial charge in [-0.1, -0.05) is 107 Å². The molecule has 3 aromatic carbocycles. The molecule has 0 aliphatic heterocycles. The number of ether oxygens (including phenoxy) is 3. The van der Waals surface area contributed by atoms with E-state index in [-0.39, 0.29) is 103 Å². The third-order valence-corrected chi connectivity index (χ3v) is 20.5. The molecule has 0 amide bonds. The number of hydrogen-bond donors (Lipinski definition) is 2. The van der Waals surface area contributed by atoms with Gasteiger partial charge >= 0.3 is 41.0 Å². The van der Waals surface area contributed by atoms with Crippen LogP contribution in [0.1, 0.15) is 177 Å². The Kier molecular flexibility index (Phi) is 38.5. The number of nitrogens with zero attached hydrogens (tertiary/aromatic N) is 1. The normalized spacial score (nSPS) is 14.1. The maximum atomic E-state index is 12.6. The monoisotopic (exact) mass is 1290 g/mol. The van der Waals surface area contributed by atoms with Crippen molar-refractivity contribution < 1.29 is 58.2 Å². The van der Waals surface area contributed by atoms with E-state index in [1.54, 1.807) is 68.6 Å². The average molecular weight is 1300 g/mol. The third-order valence-electron chi connectivity index (χ3n) is 10.8. The van der Waals surface area contributed by atoms with E-state index in [2.05, 4.69) is 79.7 Å². The number of nitrogens with one attached hydrogen (secondary N) is 2. The fraction of sp³-hybridized carbons (Fsp3) is 0.617. The Morgan fingerprint density at radius 2 is 0.775 bits per heavy atom. The first-order valence-electron chi connectivity index (χ1n) is 27.4. The molecule has 0 saturated heterocycles. The summed E-state index contributed by atoms with van der Waals surface area (Å²) in [5.74, 6) is -0.963. The first kappa shape index (κ1) is 82.2. The maximum Gasteiger partial charge on any atom is 2.00 e. The molecule has 0 saturated carbocycles. The van der Waals surface area contributed by atoms with Crippen LogP contribution in [0.5, 0.6) is 0 Å². The SMILES string of the molecule is CC(C)OC(=O)c1ccc(C=N[S@@](=O)C(C)(C)C)cc1.CC(C)OC(=O)c1ccc([C@@H](CC[Si](C)(C)C)N[S@@](=O)C(C)(C)C)cc1.CC(C)OC(=O)c1ccc([C@H](CC[Si](C)(C)C)N[S@@](=O)C(C)(C)C)cc1.[Br-].[CH2-]C[Si](C)(C)C.[Mg+2]. The summed E-state index contributed by atoms with van der Waals surface area (Å²) in [5, 5.41) is 0. The van der Waals surface area contributed by atoms with Gasteiger partial charge in [0.2, 0.25) is 0 Å². The molecular formula is C60H104BrMgN3O9S3Si3. The molecule has 80 heavy (non-hydrogen) atoms. The van der Waals surface area contributed by atoms with Crippen LogP contribution in [0.25, 0.3) is 0 Å². The van der Waals surface area contributed by atoms with Gasteiger partial charge in [-0.25, -0.2) is 36.5 Å². The number of carbonyl (C=O) groups excluding carboxylic acids is 3. The van der Waals surface area contributed by atoms with Gasteiger partial charge in [-0.3, -0.25) is 0 Å². The Labute approximate surface area is 523 Å². The molecule has 0 unspecified atom stereocenters. The molecule has 2 N–H and O–H groups in total. The van der Waals surface area contributed by atoms with E-state index in [4.69, 9.17) is 14.2 Å². The molecule has 0 bridgehead atoms. The molecule has 0 aromatic heterocycles. The van der Waals surface area contributed by atoms with E-state index in [9.17, 15) is 27.0 Å². The van der Waals surface area contributed by atoms with Crippen molar-refractivity contribution in [3.8, 4) is 0 Å². The summed E-state index contributed by atoms with van der Waals surface area (Å²) < 4.78 is 62.2. The molecule has 5 atom stereocenters. The molecule has 20 heteroatoms. The number of hydrogen-bond acceptors (Lipinski definition) is 9. The van der Waals surface area contributed by atoms with Crippen molar-refractivity contribution >= 4 is 104 Å². The molecule has 452 valence electrons. The predicted molar refractivity (Wildman–Crippen MR) is 349 cm³/mol. The molecule has 0 aliphatic rings. The summed E-state index contributed by atoms with van der Waals surface area (Å²) >= 11 is 0. The standard InChI is InChI=1S/2C20H35NO3SSi.C15H21NO3S.C5H13Si.BrH.Mg/c2*1-15(2)24-19(22)17-11-9-16(10-12-17)18(13-14-26(6,7)8)21-25(23)20(3,4)5;1-11(2)19-14(17)13-8-6-12(7-9-13)10-16-20(18)15(3,4)5;1-5-6(2,3)4;;/h2*9-12,15,18,21H,13-14H2,1-8H3;6-11H,1-5H3;1,5H2,2-4H3;1H;/q;;;-1;;+2/p-1/t18-,25+;18-,25-;20-;;;/m100.../s1. The minimum absolute atomic E-state index is 0. The van der Waals surface area contributed by atoms with Crippen LogP contribution in [-0.2, 0) is 47.2 Å². The van der Waals surface area contributed by atoms with Crippen molar-refractivity contribution in [3.63, 3.8) is 0 Å². The minimum Gasteiger partial charge on any atom is -1.00 e. The molecule has 3 rings (SSSR count). The van der Waals surface area contributed by atoms with Crippen LogP contribution in [0.4, 0.5) is 0 Å². The Morgan fingerprint density at radius 1 is 0.512 bits per heavy atom. The van der Waals surface area contributed by atoms with E-state index in [0.717, 1.165) is 47.7 Å². The zero-order valence-corrected chi connectivity index (χ0v) is 62.0. The van der Waals surface area contributed by atoms with Crippen molar-refractivity contribution in [1.82, 2.24) is 9.44 Å². The van der Waals surface area contributed by atoms with Gasteiger partial charge < -0.3 is 38.1 Å². The second-order valence-electron chi connectivity index (χ2n) is 26.9. The quantitative estimate of drug-likeness (QED) is 0.0347. The summed E-state index contributed by atoms with van der Waals surface area (Å²) in [6.07, 6.45) is 3.02. The number of halogens is 1. The van der Waals surface area contributed by atoms with E-state index < -0.39 is 57.2 Å². The van der Waals surface area contributed by atoms with Crippen LogP contribution in [0.3, 0.4) is 0 Å². The van der Waals surface area contributed by atoms with Gasteiger partial charge in [0, 0.05) is 42.5 Å². The zero-order chi connectivity index (χ0) is 60.8. The first-order valence-corrected chi connectivity index (χ1v) is 41.9. The Hall–Kier alpha value is -1.99. The predicted octanol–water partition coefficient (Wildman–Crippen LogP) is 12.1. The van der Waals surface area contributed by atoms with Gasteiger partial charge in [0.1, 0.15) is 11.0 Å². The second kappa shape index (κ2) is 37.4. The zero-order valence-electron chi connectivity index (χ0n) is 53.6. The second-order valence-corrected chi connectivity index (χ2v) is 49.7.